The van der Waals surface area contributed by atoms with E-state index in [9.17, 15) is 0 Å². The van der Waals surface area contributed by atoms with Gasteiger partial charge in [0, 0.05) is 5.92 Å². The van der Waals surface area contributed by atoms with Gasteiger partial charge in [-0.15, -0.1) is 0 Å². The molecule has 1 heterocycles. The number of nitrogens with zero attached hydrogens (tertiary/aromatic N) is 3. The highest BCUT2D eigenvalue weighted by Crippen LogP contribution is 2.44. The molecule has 1 atom stereocenters. The van der Waals surface area contributed by atoms with Crippen LogP contribution in [0.2, 0.25) is 0 Å². The first-order chi connectivity index (χ1) is 12.1. The van der Waals surface area contributed by atoms with Crippen LogP contribution in [0.1, 0.15) is 34.5 Å². The van der Waals surface area contributed by atoms with E-state index in [2.05, 4.69) is 33.2 Å². The van der Waals surface area contributed by atoms with E-state index < -0.39 is 7.59 Å². The second-order valence-electron chi connectivity index (χ2n) is 5.96. The first-order valence-corrected chi connectivity index (χ1v) is 9.82. The van der Waals surface area contributed by atoms with Crippen molar-refractivity contribution in [3.05, 3.63) is 65.0 Å². The van der Waals surface area contributed by atoms with E-state index in [0.717, 1.165) is 10.9 Å². The zero-order valence-corrected chi connectivity index (χ0v) is 17.4. The lowest BCUT2D eigenvalue weighted by Crippen LogP contribution is -2.20. The highest BCUT2D eigenvalue weighted by Gasteiger charge is 2.36. The topological polar surface area (TPSA) is 38.7 Å². The van der Waals surface area contributed by atoms with Gasteiger partial charge >= 0.3 is 0 Å². The monoisotopic (exact) mass is 465 g/mol. The van der Waals surface area contributed by atoms with Crippen molar-refractivity contribution in [3.8, 4) is 0 Å². The second kappa shape index (κ2) is 6.51. The molecule has 3 nitrogen and oxygen atoms in total. The summed E-state index contributed by atoms with van der Waals surface area (Å²) in [5, 5.41) is 2.34. The average Bonchev–Trinajstić information content (AvgIpc) is 2.94. The van der Waals surface area contributed by atoms with Gasteiger partial charge in [-0.3, -0.25) is 0 Å². The molecule has 0 saturated heterocycles. The van der Waals surface area contributed by atoms with Gasteiger partial charge in [0.25, 0.3) is 0 Å². The first kappa shape index (κ1) is 18.8. The zero-order chi connectivity index (χ0) is 18.7. The van der Waals surface area contributed by atoms with Gasteiger partial charge in [-0.25, -0.2) is 15.0 Å². The molecule has 134 valence electrons. The lowest BCUT2D eigenvalue weighted by molar-refractivity contribution is 0.709. The van der Waals surface area contributed by atoms with Crippen molar-refractivity contribution >= 4 is 80.4 Å². The van der Waals surface area contributed by atoms with Gasteiger partial charge in [-0.05, 0) is 28.3 Å². The number of rotatable bonds is 1. The molecule has 0 radical (unpaired) electrons. The molecule has 3 aromatic rings. The first-order valence-electron chi connectivity index (χ1n) is 7.55. The van der Waals surface area contributed by atoms with Crippen LogP contribution in [0.3, 0.4) is 0 Å². The molecule has 0 aliphatic heterocycles. The van der Waals surface area contributed by atoms with E-state index >= 15 is 0 Å². The van der Waals surface area contributed by atoms with Gasteiger partial charge in [0.05, 0.1) is 0 Å². The number of benzene rings is 2. The Kier molecular flexibility index (Phi) is 4.71. The summed E-state index contributed by atoms with van der Waals surface area (Å²) in [6.07, 6.45) is 0.708. The summed E-state index contributed by atoms with van der Waals surface area (Å²) >= 11 is 35.9. The van der Waals surface area contributed by atoms with Crippen LogP contribution in [-0.2, 0) is 14.0 Å². The third-order valence-corrected chi connectivity index (χ3v) is 5.31. The summed E-state index contributed by atoms with van der Waals surface area (Å²) in [6, 6.07) is 12.3. The number of halogens is 6. The van der Waals surface area contributed by atoms with Crippen LogP contribution in [0.15, 0.2) is 36.4 Å². The molecular formula is C17H9Cl6N3. The summed E-state index contributed by atoms with van der Waals surface area (Å²) in [5.74, 6) is 0.122. The van der Waals surface area contributed by atoms with E-state index in [-0.39, 0.29) is 17.6 Å². The fraction of sp³-hybridized carbons (Fsp3) is 0.235. The van der Waals surface area contributed by atoms with Crippen LogP contribution < -0.4 is 0 Å². The Morgan fingerprint density at radius 2 is 1.35 bits per heavy atom. The third kappa shape index (κ3) is 3.34. The number of alkyl halides is 6. The number of aromatic nitrogens is 3. The minimum atomic E-state index is -1.86. The maximum Gasteiger partial charge on any atom is 0.250 e. The molecule has 1 aliphatic rings. The summed E-state index contributed by atoms with van der Waals surface area (Å²) in [4.78, 5) is 12.8. The van der Waals surface area contributed by atoms with Crippen LogP contribution in [0.4, 0.5) is 0 Å². The molecule has 0 N–H and O–H groups in total. The standard InChI is InChI=1S/C17H9Cl6N3/c18-16(19,20)14-24-13(25-15(26-14)17(21,22)23)11-7-9-5-1-3-8-4-2-6-10(11)12(8)9/h1-6,11H,7H2. The van der Waals surface area contributed by atoms with Gasteiger partial charge in [0.15, 0.2) is 11.6 Å². The van der Waals surface area contributed by atoms with E-state index in [4.69, 9.17) is 69.6 Å². The smallest absolute Gasteiger partial charge is 0.213 e. The minimum absolute atomic E-state index is 0.0723. The summed E-state index contributed by atoms with van der Waals surface area (Å²) in [5.41, 5.74) is 2.30. The average molecular weight is 468 g/mol. The Morgan fingerprint density at radius 3 is 1.92 bits per heavy atom. The SMILES string of the molecule is ClC(Cl)(Cl)c1nc(C2Cc3cccc4cccc2c34)nc(C(Cl)(Cl)Cl)n1. The van der Waals surface area contributed by atoms with Crippen molar-refractivity contribution in [1.29, 1.82) is 0 Å². The summed E-state index contributed by atoms with van der Waals surface area (Å²) in [6.45, 7) is 0. The van der Waals surface area contributed by atoms with E-state index in [1.807, 2.05) is 18.2 Å². The fourth-order valence-corrected chi connectivity index (χ4v) is 3.78. The molecule has 1 aliphatic carbocycles. The molecule has 4 rings (SSSR count). The lowest BCUT2D eigenvalue weighted by atomic mass is 9.99. The molecule has 2 aromatic carbocycles. The quantitative estimate of drug-likeness (QED) is 0.390. The van der Waals surface area contributed by atoms with Crippen molar-refractivity contribution < 1.29 is 0 Å². The highest BCUT2D eigenvalue weighted by molar-refractivity contribution is 6.67. The van der Waals surface area contributed by atoms with E-state index in [0.29, 0.717) is 12.2 Å². The molecule has 1 unspecified atom stereocenters. The van der Waals surface area contributed by atoms with Gasteiger partial charge in [0.1, 0.15) is 5.82 Å². The van der Waals surface area contributed by atoms with Crippen molar-refractivity contribution in [3.63, 3.8) is 0 Å². The molecule has 0 saturated carbocycles. The predicted octanol–water partition coefficient (Wildman–Crippen LogP) is 6.37. The minimum Gasteiger partial charge on any atom is -0.213 e. The molecule has 0 amide bonds. The second-order valence-corrected chi connectivity index (χ2v) is 10.5. The Labute approximate surface area is 179 Å². The van der Waals surface area contributed by atoms with Crippen molar-refractivity contribution in [2.75, 3.05) is 0 Å². The van der Waals surface area contributed by atoms with Gasteiger partial charge in [-0.2, -0.15) is 0 Å². The Morgan fingerprint density at radius 1 is 0.769 bits per heavy atom. The summed E-state index contributed by atoms with van der Waals surface area (Å²) < 4.78 is -3.72. The Bertz CT molecular complexity index is 972. The van der Waals surface area contributed by atoms with Crippen molar-refractivity contribution in [2.45, 2.75) is 19.9 Å². The van der Waals surface area contributed by atoms with E-state index in [1.54, 1.807) is 0 Å². The molecule has 1 aromatic heterocycles. The Hall–Kier alpha value is -0.550. The molecule has 0 fully saturated rings. The molecule has 26 heavy (non-hydrogen) atoms. The Balaban J connectivity index is 1.91. The van der Waals surface area contributed by atoms with Gasteiger partial charge < -0.3 is 0 Å². The van der Waals surface area contributed by atoms with Crippen LogP contribution in [-0.4, -0.2) is 15.0 Å². The van der Waals surface area contributed by atoms with E-state index in [1.165, 1.54) is 10.9 Å². The van der Waals surface area contributed by atoms with Crippen molar-refractivity contribution in [2.24, 2.45) is 0 Å². The van der Waals surface area contributed by atoms with Crippen molar-refractivity contribution in [1.82, 2.24) is 15.0 Å². The molecular weight excluding hydrogens is 459 g/mol. The summed E-state index contributed by atoms with van der Waals surface area (Å²) in [7, 11) is 0. The largest absolute Gasteiger partial charge is 0.250 e. The zero-order valence-electron chi connectivity index (χ0n) is 12.9. The third-order valence-electron chi connectivity index (χ3n) is 4.29. The molecule has 0 bridgehead atoms. The van der Waals surface area contributed by atoms with Crippen LogP contribution >= 0.6 is 69.6 Å². The molecule has 0 spiro atoms. The van der Waals surface area contributed by atoms with Gasteiger partial charge in [-0.1, -0.05) is 106 Å². The molecule has 9 heteroatoms. The van der Waals surface area contributed by atoms with Crippen LogP contribution in [0, 0.1) is 0 Å². The number of hydrogen-bond acceptors (Lipinski definition) is 3. The number of hydrogen-bond donors (Lipinski definition) is 0. The maximum absolute atomic E-state index is 5.98. The van der Waals surface area contributed by atoms with Crippen LogP contribution in [0.25, 0.3) is 10.8 Å². The predicted molar refractivity (Wildman–Crippen MR) is 108 cm³/mol. The highest BCUT2D eigenvalue weighted by atomic mass is 35.6. The fourth-order valence-electron chi connectivity index (χ4n) is 3.27. The maximum atomic E-state index is 5.98. The lowest BCUT2D eigenvalue weighted by Gasteiger charge is -2.18. The van der Waals surface area contributed by atoms with Gasteiger partial charge in [0.2, 0.25) is 7.59 Å². The van der Waals surface area contributed by atoms with Crippen LogP contribution in [0.5, 0.6) is 0 Å². The normalized spacial score (nSPS) is 17.1.